The van der Waals surface area contributed by atoms with Crippen molar-refractivity contribution in [1.82, 2.24) is 0 Å². The van der Waals surface area contributed by atoms with Crippen molar-refractivity contribution in [1.29, 1.82) is 0 Å². The highest BCUT2D eigenvalue weighted by Gasteiger charge is 2.27. The van der Waals surface area contributed by atoms with Gasteiger partial charge in [0.2, 0.25) is 5.78 Å². The topological polar surface area (TPSA) is 63.6 Å². The zero-order valence-electron chi connectivity index (χ0n) is 9.60. The molecule has 0 bridgehead atoms. The number of aromatic hydroxyl groups is 1. The number of phenols is 1. The molecule has 1 aromatic carbocycles. The number of carbonyl (C=O) groups excluding carboxylic acids is 2. The van der Waals surface area contributed by atoms with Crippen LogP contribution in [-0.4, -0.2) is 23.0 Å². The van der Waals surface area contributed by atoms with Gasteiger partial charge in [-0.15, -0.1) is 0 Å². The summed E-state index contributed by atoms with van der Waals surface area (Å²) < 4.78 is 5.02. The first kappa shape index (κ1) is 11.6. The monoisotopic (exact) mass is 234 g/mol. The van der Waals surface area contributed by atoms with E-state index >= 15 is 0 Å². The fraction of sp³-hybridized carbons (Fsp3) is 0.385. The van der Waals surface area contributed by atoms with Crippen molar-refractivity contribution in [2.24, 2.45) is 0 Å². The second-order valence-electron chi connectivity index (χ2n) is 4.20. The molecule has 1 N–H and O–H groups in total. The molecule has 0 saturated heterocycles. The van der Waals surface area contributed by atoms with E-state index in [1.165, 1.54) is 13.0 Å². The number of fused-ring (bicyclic) bond motifs is 1. The normalized spacial score (nSPS) is 19.4. The van der Waals surface area contributed by atoms with E-state index in [2.05, 4.69) is 0 Å². The van der Waals surface area contributed by atoms with Crippen LogP contribution in [0, 0.1) is 0 Å². The quantitative estimate of drug-likeness (QED) is 0.595. The fourth-order valence-corrected chi connectivity index (χ4v) is 2.12. The lowest BCUT2D eigenvalue weighted by atomic mass is 10.0. The van der Waals surface area contributed by atoms with Crippen molar-refractivity contribution in [3.63, 3.8) is 0 Å². The van der Waals surface area contributed by atoms with E-state index in [0.29, 0.717) is 18.4 Å². The Morgan fingerprint density at radius 2 is 2.24 bits per heavy atom. The number of hydrogen-bond donors (Lipinski definition) is 1. The van der Waals surface area contributed by atoms with Crippen LogP contribution in [0.2, 0.25) is 0 Å². The van der Waals surface area contributed by atoms with Gasteiger partial charge in [0.05, 0.1) is 0 Å². The minimum absolute atomic E-state index is 0.155. The molecule has 0 amide bonds. The predicted octanol–water partition coefficient (Wildman–Crippen LogP) is 1.84. The highest BCUT2D eigenvalue weighted by atomic mass is 16.5. The molecule has 0 saturated carbocycles. The molecule has 2 rings (SSSR count). The van der Waals surface area contributed by atoms with E-state index in [-0.39, 0.29) is 11.5 Å². The van der Waals surface area contributed by atoms with Gasteiger partial charge in [-0.25, -0.2) is 0 Å². The van der Waals surface area contributed by atoms with Gasteiger partial charge in [-0.1, -0.05) is 0 Å². The third kappa shape index (κ3) is 2.46. The van der Waals surface area contributed by atoms with Gasteiger partial charge in [0, 0.05) is 12.5 Å². The van der Waals surface area contributed by atoms with Gasteiger partial charge < -0.3 is 9.84 Å². The fourth-order valence-electron chi connectivity index (χ4n) is 2.12. The van der Waals surface area contributed by atoms with Gasteiger partial charge in [0.25, 0.3) is 0 Å². The van der Waals surface area contributed by atoms with Crippen LogP contribution in [0.1, 0.15) is 35.7 Å². The van der Waals surface area contributed by atoms with Crippen LogP contribution in [-0.2, 0) is 16.0 Å². The summed E-state index contributed by atoms with van der Waals surface area (Å²) in [7, 11) is 0. The highest BCUT2D eigenvalue weighted by Crippen LogP contribution is 2.25. The molecule has 0 aromatic heterocycles. The Balaban J connectivity index is 2.33. The van der Waals surface area contributed by atoms with Gasteiger partial charge in [-0.05, 0) is 43.0 Å². The van der Waals surface area contributed by atoms with Gasteiger partial charge in [0.15, 0.2) is 6.10 Å². The van der Waals surface area contributed by atoms with Crippen molar-refractivity contribution in [2.75, 3.05) is 0 Å². The minimum Gasteiger partial charge on any atom is -0.508 e. The number of rotatable bonds is 1. The average Bonchev–Trinajstić information content (AvgIpc) is 2.39. The lowest BCUT2D eigenvalue weighted by Crippen LogP contribution is -2.25. The second kappa shape index (κ2) is 4.57. The molecular formula is C13H14O4. The molecule has 17 heavy (non-hydrogen) atoms. The molecule has 0 radical (unpaired) electrons. The Kier molecular flexibility index (Phi) is 3.13. The first-order valence-electron chi connectivity index (χ1n) is 5.61. The molecule has 90 valence electrons. The Bertz CT molecular complexity index is 464. The number of phenolic OH excluding ortho intramolecular Hbond substituents is 1. The largest absolute Gasteiger partial charge is 0.508 e. The van der Waals surface area contributed by atoms with Crippen LogP contribution in [0.25, 0.3) is 0 Å². The van der Waals surface area contributed by atoms with Crippen LogP contribution in [0.15, 0.2) is 18.2 Å². The number of benzene rings is 1. The summed E-state index contributed by atoms with van der Waals surface area (Å²) in [6.45, 7) is 1.30. The first-order chi connectivity index (χ1) is 8.08. The summed E-state index contributed by atoms with van der Waals surface area (Å²) in [6.07, 6.45) is 1.33. The van der Waals surface area contributed by atoms with E-state index in [0.717, 1.165) is 12.0 Å². The maximum Gasteiger partial charge on any atom is 0.303 e. The number of ether oxygens (including phenoxy) is 1. The molecule has 0 fully saturated rings. The molecule has 1 atom stereocenters. The van der Waals surface area contributed by atoms with Gasteiger partial charge in [-0.2, -0.15) is 0 Å². The predicted molar refractivity (Wildman–Crippen MR) is 60.9 cm³/mol. The zero-order valence-corrected chi connectivity index (χ0v) is 9.60. The average molecular weight is 234 g/mol. The van der Waals surface area contributed by atoms with E-state index in [9.17, 15) is 14.7 Å². The Morgan fingerprint density at radius 3 is 2.94 bits per heavy atom. The Morgan fingerprint density at radius 1 is 1.47 bits per heavy atom. The second-order valence-corrected chi connectivity index (χ2v) is 4.20. The highest BCUT2D eigenvalue weighted by molar-refractivity contribution is 6.02. The van der Waals surface area contributed by atoms with Gasteiger partial charge in [0.1, 0.15) is 5.75 Å². The number of Topliss-reactive ketones (excluding diaryl/α,β-unsaturated/α-hetero) is 1. The number of carbonyl (C=O) groups is 2. The molecule has 1 aliphatic rings. The number of esters is 1. The number of hydrogen-bond acceptors (Lipinski definition) is 4. The molecule has 1 unspecified atom stereocenters. The summed E-state index contributed by atoms with van der Waals surface area (Å²) in [6, 6.07) is 4.67. The Hall–Kier alpha value is -1.84. The molecule has 4 nitrogen and oxygen atoms in total. The third-order valence-electron chi connectivity index (χ3n) is 2.87. The van der Waals surface area contributed by atoms with Gasteiger partial charge in [-0.3, -0.25) is 9.59 Å². The van der Waals surface area contributed by atoms with Crippen LogP contribution in [0.5, 0.6) is 5.75 Å². The van der Waals surface area contributed by atoms with Crippen LogP contribution in [0.4, 0.5) is 0 Å². The molecule has 0 heterocycles. The maximum absolute atomic E-state index is 12.1. The van der Waals surface area contributed by atoms with Crippen molar-refractivity contribution >= 4 is 11.8 Å². The van der Waals surface area contributed by atoms with Gasteiger partial charge >= 0.3 is 5.97 Å². The number of ketones is 1. The van der Waals surface area contributed by atoms with Crippen molar-refractivity contribution in [3.05, 3.63) is 29.3 Å². The molecule has 4 heteroatoms. The summed E-state index contributed by atoms with van der Waals surface area (Å²) in [5, 5.41) is 9.38. The number of aryl methyl sites for hydroxylation is 1. The first-order valence-corrected chi connectivity index (χ1v) is 5.61. The molecule has 1 aromatic rings. The van der Waals surface area contributed by atoms with Crippen molar-refractivity contribution in [3.8, 4) is 5.75 Å². The van der Waals surface area contributed by atoms with Crippen LogP contribution < -0.4 is 0 Å². The minimum atomic E-state index is -0.682. The summed E-state index contributed by atoms with van der Waals surface area (Å²) >= 11 is 0. The lowest BCUT2D eigenvalue weighted by molar-refractivity contribution is -0.144. The van der Waals surface area contributed by atoms with Crippen LogP contribution >= 0.6 is 0 Å². The summed E-state index contributed by atoms with van der Waals surface area (Å²) in [5.74, 6) is -0.458. The third-order valence-corrected chi connectivity index (χ3v) is 2.87. The SMILES string of the molecule is CC(=O)OC1CCCc2cc(O)ccc2C1=O. The summed E-state index contributed by atoms with van der Waals surface area (Å²) in [4.78, 5) is 23.0. The maximum atomic E-state index is 12.1. The van der Waals surface area contributed by atoms with Crippen molar-refractivity contribution < 1.29 is 19.4 Å². The summed E-state index contributed by atoms with van der Waals surface area (Å²) in [5.41, 5.74) is 1.37. The lowest BCUT2D eigenvalue weighted by Gasteiger charge is -2.13. The van der Waals surface area contributed by atoms with E-state index in [1.807, 2.05) is 0 Å². The molecule has 1 aliphatic carbocycles. The zero-order chi connectivity index (χ0) is 12.4. The smallest absolute Gasteiger partial charge is 0.303 e. The van der Waals surface area contributed by atoms with E-state index in [1.54, 1.807) is 12.1 Å². The van der Waals surface area contributed by atoms with Crippen molar-refractivity contribution in [2.45, 2.75) is 32.3 Å². The van der Waals surface area contributed by atoms with Crippen LogP contribution in [0.3, 0.4) is 0 Å². The molecular weight excluding hydrogens is 220 g/mol. The molecule has 0 aliphatic heterocycles. The standard InChI is InChI=1S/C13H14O4/c1-8(14)17-12-4-2-3-9-7-10(15)5-6-11(9)13(12)16/h5-7,12,15H,2-4H2,1H3. The Labute approximate surface area is 99.2 Å². The van der Waals surface area contributed by atoms with E-state index < -0.39 is 12.1 Å². The van der Waals surface area contributed by atoms with E-state index in [4.69, 9.17) is 4.74 Å². The molecule has 0 spiro atoms.